The molecule has 0 spiro atoms. The number of aryl methyl sites for hydroxylation is 2. The van der Waals surface area contributed by atoms with Crippen molar-refractivity contribution in [3.05, 3.63) is 54.2 Å². The van der Waals surface area contributed by atoms with Gasteiger partial charge in [0.2, 0.25) is 5.91 Å². The average molecular weight is 503 g/mol. The van der Waals surface area contributed by atoms with Gasteiger partial charge in [0.05, 0.1) is 60.5 Å². The number of nitrogens with zero attached hydrogens (tertiary/aromatic N) is 5. The van der Waals surface area contributed by atoms with E-state index in [1.54, 1.807) is 36.1 Å². The summed E-state index contributed by atoms with van der Waals surface area (Å²) in [5.74, 6) is -0.444. The minimum Gasteiger partial charge on any atom is -0.378 e. The van der Waals surface area contributed by atoms with Gasteiger partial charge in [-0.3, -0.25) is 24.2 Å². The molecular formula is C26H30N8O3. The molecule has 1 atom stereocenters. The number of amides is 2. The van der Waals surface area contributed by atoms with Gasteiger partial charge < -0.3 is 20.4 Å². The third-order valence-corrected chi connectivity index (χ3v) is 6.53. The van der Waals surface area contributed by atoms with E-state index in [4.69, 9.17) is 4.74 Å². The Morgan fingerprint density at radius 2 is 2.03 bits per heavy atom. The summed E-state index contributed by atoms with van der Waals surface area (Å²) in [6, 6.07) is 5.68. The Hall–Kier alpha value is -4.09. The van der Waals surface area contributed by atoms with Crippen LogP contribution in [0.25, 0.3) is 22.3 Å². The number of pyridine rings is 2. The number of hydrogen-bond donors (Lipinski definition) is 3. The largest absolute Gasteiger partial charge is 0.378 e. The third-order valence-electron chi connectivity index (χ3n) is 6.53. The fourth-order valence-electron chi connectivity index (χ4n) is 4.44. The van der Waals surface area contributed by atoms with Gasteiger partial charge in [0, 0.05) is 43.0 Å². The number of aromatic nitrogens is 5. The van der Waals surface area contributed by atoms with Crippen LogP contribution in [0, 0.1) is 6.92 Å². The number of hydrogen-bond acceptors (Lipinski definition) is 7. The van der Waals surface area contributed by atoms with Crippen LogP contribution in [0.1, 0.15) is 29.4 Å². The van der Waals surface area contributed by atoms with Crippen molar-refractivity contribution in [2.75, 3.05) is 36.9 Å². The van der Waals surface area contributed by atoms with Crippen molar-refractivity contribution in [2.45, 2.75) is 26.3 Å². The molecule has 1 saturated heterocycles. The average Bonchev–Trinajstić information content (AvgIpc) is 3.52. The number of anilines is 2. The van der Waals surface area contributed by atoms with Crippen LogP contribution < -0.4 is 10.6 Å². The van der Waals surface area contributed by atoms with Crippen LogP contribution in [0.15, 0.2) is 43.0 Å². The van der Waals surface area contributed by atoms with Gasteiger partial charge in [-0.15, -0.1) is 0 Å². The topological polar surface area (TPSA) is 130 Å². The van der Waals surface area contributed by atoms with Crippen molar-refractivity contribution in [1.82, 2.24) is 29.6 Å². The lowest BCUT2D eigenvalue weighted by Gasteiger charge is -2.34. The molecular weight excluding hydrogens is 472 g/mol. The number of H-pyrrole nitrogens is 1. The van der Waals surface area contributed by atoms with E-state index in [-0.39, 0.29) is 24.4 Å². The van der Waals surface area contributed by atoms with Crippen LogP contribution in [0.2, 0.25) is 0 Å². The second-order valence-electron chi connectivity index (χ2n) is 9.21. The van der Waals surface area contributed by atoms with Crippen LogP contribution in [0.5, 0.6) is 0 Å². The molecule has 0 bridgehead atoms. The Morgan fingerprint density at radius 3 is 2.81 bits per heavy atom. The molecule has 37 heavy (non-hydrogen) atoms. The zero-order valence-corrected chi connectivity index (χ0v) is 21.1. The molecule has 5 rings (SSSR count). The van der Waals surface area contributed by atoms with Crippen molar-refractivity contribution in [2.24, 2.45) is 7.05 Å². The Bertz CT molecular complexity index is 1440. The molecule has 2 amide bonds. The lowest BCUT2D eigenvalue weighted by Crippen LogP contribution is -2.48. The zero-order valence-electron chi connectivity index (χ0n) is 21.1. The minimum atomic E-state index is -0.314. The van der Waals surface area contributed by atoms with E-state index in [2.05, 4.69) is 42.5 Å². The first-order valence-corrected chi connectivity index (χ1v) is 12.3. The van der Waals surface area contributed by atoms with Crippen LogP contribution in [0.3, 0.4) is 0 Å². The lowest BCUT2D eigenvalue weighted by atomic mass is 10.2. The van der Waals surface area contributed by atoms with E-state index in [0.717, 1.165) is 29.6 Å². The third kappa shape index (κ3) is 5.52. The van der Waals surface area contributed by atoms with Gasteiger partial charge in [0.25, 0.3) is 5.91 Å². The molecule has 4 aromatic rings. The molecule has 5 heterocycles. The number of carbonyl (C=O) groups excluding carboxylic acids is 2. The van der Waals surface area contributed by atoms with Crippen molar-refractivity contribution in [3.63, 3.8) is 0 Å². The Labute approximate surface area is 214 Å². The van der Waals surface area contributed by atoms with Gasteiger partial charge >= 0.3 is 0 Å². The number of nitrogens with one attached hydrogen (secondary N) is 3. The monoisotopic (exact) mass is 502 g/mol. The maximum absolute atomic E-state index is 13.0. The minimum absolute atomic E-state index is 0.130. The van der Waals surface area contributed by atoms with E-state index in [1.165, 1.54) is 6.20 Å². The van der Waals surface area contributed by atoms with E-state index in [9.17, 15) is 9.59 Å². The molecule has 11 heteroatoms. The summed E-state index contributed by atoms with van der Waals surface area (Å²) in [5, 5.41) is 10.8. The molecule has 1 fully saturated rings. The summed E-state index contributed by atoms with van der Waals surface area (Å²) in [6.07, 6.45) is 7.71. The standard InChI is InChI=1S/C26H30N8O3/c1-4-21-15-37-6-5-34(21)14-24(35)30-20-9-22(16(2)27-12-20)32-26(36)18-7-17-8-23(31-25(17)28-10-18)19-11-29-33(3)13-19/h7-13,21H,4-6,14-15H2,1-3H3,(H,28,31)(H,30,35)(H,32,36). The molecule has 11 nitrogen and oxygen atoms in total. The molecule has 192 valence electrons. The van der Waals surface area contributed by atoms with Gasteiger partial charge in [-0.05, 0) is 31.5 Å². The molecule has 1 aliphatic heterocycles. The van der Waals surface area contributed by atoms with Crippen LogP contribution in [-0.4, -0.2) is 73.8 Å². The summed E-state index contributed by atoms with van der Waals surface area (Å²) in [4.78, 5) is 39.9. The quantitative estimate of drug-likeness (QED) is 0.354. The predicted octanol–water partition coefficient (Wildman–Crippen LogP) is 2.97. The van der Waals surface area contributed by atoms with Crippen LogP contribution in [0.4, 0.5) is 11.4 Å². The normalized spacial score (nSPS) is 16.1. The summed E-state index contributed by atoms with van der Waals surface area (Å²) in [5.41, 5.74) is 4.59. The SMILES string of the molecule is CCC1COCCN1CC(=O)Nc1cnc(C)c(NC(=O)c2cnc3[nH]c(-c4cnn(C)c4)cc3c2)c1. The van der Waals surface area contributed by atoms with Gasteiger partial charge in [-0.2, -0.15) is 5.10 Å². The van der Waals surface area contributed by atoms with Crippen LogP contribution >= 0.6 is 0 Å². The van der Waals surface area contributed by atoms with Gasteiger partial charge in [0.1, 0.15) is 5.65 Å². The fourth-order valence-corrected chi connectivity index (χ4v) is 4.44. The van der Waals surface area contributed by atoms with E-state index in [0.29, 0.717) is 41.5 Å². The number of rotatable bonds is 7. The van der Waals surface area contributed by atoms with Crippen molar-refractivity contribution in [1.29, 1.82) is 0 Å². The highest BCUT2D eigenvalue weighted by Gasteiger charge is 2.23. The van der Waals surface area contributed by atoms with Crippen molar-refractivity contribution < 1.29 is 14.3 Å². The smallest absolute Gasteiger partial charge is 0.257 e. The highest BCUT2D eigenvalue weighted by atomic mass is 16.5. The second-order valence-corrected chi connectivity index (χ2v) is 9.21. The fraction of sp³-hybridized carbons (Fsp3) is 0.346. The highest BCUT2D eigenvalue weighted by molar-refractivity contribution is 6.06. The number of morpholine rings is 1. The summed E-state index contributed by atoms with van der Waals surface area (Å²) in [7, 11) is 1.86. The molecule has 4 aromatic heterocycles. The molecule has 0 aromatic carbocycles. The van der Waals surface area contributed by atoms with Gasteiger partial charge in [-0.1, -0.05) is 6.92 Å². The zero-order chi connectivity index (χ0) is 25.9. The number of aromatic amines is 1. The molecule has 1 unspecified atom stereocenters. The molecule has 0 aliphatic carbocycles. The number of carbonyl (C=O) groups is 2. The van der Waals surface area contributed by atoms with Gasteiger partial charge in [-0.25, -0.2) is 4.98 Å². The summed E-state index contributed by atoms with van der Waals surface area (Å²) in [6.45, 7) is 6.16. The first kappa shape index (κ1) is 24.6. The summed E-state index contributed by atoms with van der Waals surface area (Å²) >= 11 is 0. The molecule has 1 aliphatic rings. The Kier molecular flexibility index (Phi) is 6.97. The second kappa shape index (κ2) is 10.5. The predicted molar refractivity (Wildman–Crippen MR) is 140 cm³/mol. The molecule has 3 N–H and O–H groups in total. The Morgan fingerprint density at radius 1 is 1.16 bits per heavy atom. The van der Waals surface area contributed by atoms with Crippen LogP contribution in [-0.2, 0) is 16.6 Å². The van der Waals surface area contributed by atoms with Crippen molar-refractivity contribution >= 4 is 34.2 Å². The number of ether oxygens (including phenoxy) is 1. The first-order chi connectivity index (χ1) is 17.9. The highest BCUT2D eigenvalue weighted by Crippen LogP contribution is 2.24. The first-order valence-electron chi connectivity index (χ1n) is 12.3. The summed E-state index contributed by atoms with van der Waals surface area (Å²) < 4.78 is 7.24. The van der Waals surface area contributed by atoms with Crippen molar-refractivity contribution in [3.8, 4) is 11.3 Å². The molecule has 0 saturated carbocycles. The van der Waals surface area contributed by atoms with E-state index in [1.807, 2.05) is 19.3 Å². The van der Waals surface area contributed by atoms with Gasteiger partial charge in [0.15, 0.2) is 0 Å². The van der Waals surface area contributed by atoms with E-state index >= 15 is 0 Å². The Balaban J connectivity index is 1.27. The van der Waals surface area contributed by atoms with E-state index < -0.39 is 0 Å². The maximum Gasteiger partial charge on any atom is 0.257 e. The molecule has 0 radical (unpaired) electrons. The number of fused-ring (bicyclic) bond motifs is 1. The maximum atomic E-state index is 13.0. The lowest BCUT2D eigenvalue weighted by molar-refractivity contribution is -0.119.